The first kappa shape index (κ1) is 21.8. The number of Topliss-reactive ketones (excluding diaryl/α,β-unsaturated/α-hetero) is 1. The van der Waals surface area contributed by atoms with E-state index in [1.54, 1.807) is 24.3 Å². The van der Waals surface area contributed by atoms with Crippen molar-refractivity contribution >= 4 is 51.3 Å². The molecule has 170 valence electrons. The second-order valence-corrected chi connectivity index (χ2v) is 8.56. The Morgan fingerprint density at radius 1 is 1.12 bits per heavy atom. The third-order valence-electron chi connectivity index (χ3n) is 5.68. The van der Waals surface area contributed by atoms with Gasteiger partial charge in [-0.05, 0) is 36.2 Å². The number of aromatic hydroxyl groups is 1. The second-order valence-electron chi connectivity index (χ2n) is 7.74. The molecule has 1 N–H and O–H groups in total. The van der Waals surface area contributed by atoms with Crippen LogP contribution in [0.5, 0.6) is 5.75 Å². The van der Waals surface area contributed by atoms with Crippen LogP contribution >= 0.6 is 23.2 Å². The Hall–Kier alpha value is -3.07. The number of carbonyl (C=O) groups excluding carboxylic acids is 1. The van der Waals surface area contributed by atoms with Gasteiger partial charge in [0.15, 0.2) is 22.7 Å². The van der Waals surface area contributed by atoms with Crippen molar-refractivity contribution in [2.45, 2.75) is 12.8 Å². The molecular formula is C23H19Cl2N3O5. The normalized spacial score (nSPS) is 14.3. The number of fused-ring (bicyclic) bond motifs is 3. The lowest BCUT2D eigenvalue weighted by Gasteiger charge is -2.29. The van der Waals surface area contributed by atoms with E-state index in [0.29, 0.717) is 53.7 Å². The van der Waals surface area contributed by atoms with E-state index in [1.165, 1.54) is 0 Å². The molecule has 10 heteroatoms. The van der Waals surface area contributed by atoms with Gasteiger partial charge < -0.3 is 19.3 Å². The van der Waals surface area contributed by atoms with Gasteiger partial charge in [0.25, 0.3) is 0 Å². The van der Waals surface area contributed by atoms with Crippen molar-refractivity contribution in [3.63, 3.8) is 0 Å². The molecule has 8 nitrogen and oxygen atoms in total. The van der Waals surface area contributed by atoms with Crippen LogP contribution in [0.25, 0.3) is 16.6 Å². The average Bonchev–Trinajstić information content (AvgIpc) is 3.21. The van der Waals surface area contributed by atoms with Crippen LogP contribution in [0.2, 0.25) is 10.0 Å². The SMILES string of the molecule is O=C(CCc1ccc(Cl)c(Cl)c1)c1nc2c3c(N4CCOCC4)cccc3on2c(=O)c1O. The molecule has 0 amide bonds. The number of rotatable bonds is 5. The smallest absolute Gasteiger partial charge is 0.330 e. The van der Waals surface area contributed by atoms with E-state index in [2.05, 4.69) is 9.88 Å². The molecule has 0 unspecified atom stereocenters. The van der Waals surface area contributed by atoms with Crippen LogP contribution < -0.4 is 10.5 Å². The predicted octanol–water partition coefficient (Wildman–Crippen LogP) is 4.11. The number of nitrogens with zero attached hydrogens (tertiary/aromatic N) is 3. The first-order chi connectivity index (χ1) is 15.9. The lowest BCUT2D eigenvalue weighted by Crippen LogP contribution is -2.36. The molecule has 1 saturated heterocycles. The Balaban J connectivity index is 1.55. The number of benzene rings is 2. The van der Waals surface area contributed by atoms with E-state index < -0.39 is 17.1 Å². The van der Waals surface area contributed by atoms with E-state index in [1.807, 2.05) is 12.1 Å². The Morgan fingerprint density at radius 2 is 1.91 bits per heavy atom. The zero-order valence-corrected chi connectivity index (χ0v) is 18.9. The van der Waals surface area contributed by atoms with Crippen molar-refractivity contribution < 1.29 is 19.2 Å². The van der Waals surface area contributed by atoms with Crippen LogP contribution in [0.3, 0.4) is 0 Å². The molecule has 0 radical (unpaired) electrons. The molecule has 0 bridgehead atoms. The summed E-state index contributed by atoms with van der Waals surface area (Å²) in [5.41, 5.74) is 1.14. The third-order valence-corrected chi connectivity index (χ3v) is 6.42. The van der Waals surface area contributed by atoms with Gasteiger partial charge in [-0.1, -0.05) is 35.3 Å². The van der Waals surface area contributed by atoms with Gasteiger partial charge in [0, 0.05) is 19.5 Å². The number of ketones is 1. The van der Waals surface area contributed by atoms with Gasteiger partial charge in [0.05, 0.1) is 34.3 Å². The van der Waals surface area contributed by atoms with Crippen LogP contribution in [0.15, 0.2) is 45.7 Å². The molecule has 4 aromatic rings. The van der Waals surface area contributed by atoms with Gasteiger partial charge in [-0.25, -0.2) is 4.98 Å². The first-order valence-electron chi connectivity index (χ1n) is 10.4. The monoisotopic (exact) mass is 487 g/mol. The summed E-state index contributed by atoms with van der Waals surface area (Å²) in [5, 5.41) is 11.9. The van der Waals surface area contributed by atoms with Crippen LogP contribution in [-0.4, -0.2) is 46.8 Å². The Kier molecular flexibility index (Phi) is 5.74. The van der Waals surface area contributed by atoms with Gasteiger partial charge in [-0.2, -0.15) is 0 Å². The highest BCUT2D eigenvalue weighted by atomic mass is 35.5. The summed E-state index contributed by atoms with van der Waals surface area (Å²) in [7, 11) is 0. The number of hydrogen-bond acceptors (Lipinski definition) is 7. The Bertz CT molecular complexity index is 1440. The summed E-state index contributed by atoms with van der Waals surface area (Å²) in [6, 6.07) is 10.6. The van der Waals surface area contributed by atoms with Gasteiger partial charge in [0.1, 0.15) is 0 Å². The fourth-order valence-corrected chi connectivity index (χ4v) is 4.31. The Labute approximate surface area is 197 Å². The molecule has 33 heavy (non-hydrogen) atoms. The lowest BCUT2D eigenvalue weighted by molar-refractivity contribution is 0.0974. The summed E-state index contributed by atoms with van der Waals surface area (Å²) in [5.74, 6) is -1.20. The fraction of sp³-hybridized carbons (Fsp3) is 0.261. The molecule has 3 heterocycles. The van der Waals surface area contributed by atoms with Crippen molar-refractivity contribution in [1.29, 1.82) is 0 Å². The maximum Gasteiger partial charge on any atom is 0.330 e. The van der Waals surface area contributed by atoms with Crippen LogP contribution in [-0.2, 0) is 11.2 Å². The maximum atomic E-state index is 12.9. The summed E-state index contributed by atoms with van der Waals surface area (Å²) in [4.78, 5) is 32.3. The van der Waals surface area contributed by atoms with E-state index in [-0.39, 0.29) is 17.8 Å². The summed E-state index contributed by atoms with van der Waals surface area (Å²) in [6.07, 6.45) is 0.377. The average molecular weight is 488 g/mol. The van der Waals surface area contributed by atoms with E-state index in [9.17, 15) is 14.7 Å². The van der Waals surface area contributed by atoms with Gasteiger partial charge in [-0.15, -0.1) is 4.57 Å². The van der Waals surface area contributed by atoms with Crippen LogP contribution in [0.4, 0.5) is 5.69 Å². The Morgan fingerprint density at radius 3 is 2.67 bits per heavy atom. The highest BCUT2D eigenvalue weighted by Crippen LogP contribution is 2.32. The predicted molar refractivity (Wildman–Crippen MR) is 125 cm³/mol. The largest absolute Gasteiger partial charge is 0.501 e. The molecule has 0 spiro atoms. The van der Waals surface area contributed by atoms with E-state index in [0.717, 1.165) is 15.8 Å². The number of halogens is 2. The second kappa shape index (κ2) is 8.70. The quantitative estimate of drug-likeness (QED) is 0.423. The number of morpholine rings is 1. The van der Waals surface area contributed by atoms with Gasteiger partial charge in [0.2, 0.25) is 5.75 Å². The summed E-state index contributed by atoms with van der Waals surface area (Å²) < 4.78 is 12.0. The summed E-state index contributed by atoms with van der Waals surface area (Å²) >= 11 is 12.0. The van der Waals surface area contributed by atoms with Crippen molar-refractivity contribution in [3.05, 3.63) is 68.1 Å². The van der Waals surface area contributed by atoms with Crippen molar-refractivity contribution in [2.75, 3.05) is 31.2 Å². The van der Waals surface area contributed by atoms with Crippen LogP contribution in [0, 0.1) is 0 Å². The lowest BCUT2D eigenvalue weighted by atomic mass is 10.1. The highest BCUT2D eigenvalue weighted by molar-refractivity contribution is 6.42. The fourth-order valence-electron chi connectivity index (χ4n) is 3.99. The molecule has 1 fully saturated rings. The molecule has 2 aromatic carbocycles. The summed E-state index contributed by atoms with van der Waals surface area (Å²) in [6.45, 7) is 2.51. The topological polar surface area (TPSA) is 97.3 Å². The zero-order valence-electron chi connectivity index (χ0n) is 17.4. The van der Waals surface area contributed by atoms with Crippen molar-refractivity contribution in [2.24, 2.45) is 0 Å². The van der Waals surface area contributed by atoms with Crippen molar-refractivity contribution in [3.8, 4) is 5.75 Å². The van der Waals surface area contributed by atoms with Crippen molar-refractivity contribution in [1.82, 2.24) is 9.56 Å². The number of anilines is 1. The van der Waals surface area contributed by atoms with E-state index in [4.69, 9.17) is 32.5 Å². The minimum Gasteiger partial charge on any atom is -0.501 e. The standard InChI is InChI=1S/C23H19Cl2N3O5/c24-14-6-4-13(12-15(14)25)5-7-17(29)20-21(30)23(31)28-22(26-20)19-16(2-1-3-18(19)33-28)27-8-10-32-11-9-27/h1-4,6,12,30H,5,7-11H2. The molecule has 2 aromatic heterocycles. The highest BCUT2D eigenvalue weighted by Gasteiger charge is 2.25. The van der Waals surface area contributed by atoms with Crippen LogP contribution in [0.1, 0.15) is 22.5 Å². The van der Waals surface area contributed by atoms with Gasteiger partial charge >= 0.3 is 5.56 Å². The zero-order chi connectivity index (χ0) is 23.1. The minimum absolute atomic E-state index is 0.0280. The third kappa shape index (κ3) is 3.94. The maximum absolute atomic E-state index is 12.9. The number of aromatic nitrogens is 2. The number of aryl methyl sites for hydroxylation is 1. The van der Waals surface area contributed by atoms with Gasteiger partial charge in [-0.3, -0.25) is 9.59 Å². The minimum atomic E-state index is -0.831. The van der Waals surface area contributed by atoms with E-state index >= 15 is 0 Å². The number of carbonyl (C=O) groups is 1. The molecule has 0 saturated carbocycles. The molecule has 0 aliphatic carbocycles. The molecule has 1 aliphatic rings. The first-order valence-corrected chi connectivity index (χ1v) is 11.2. The number of ether oxygens (including phenoxy) is 1. The molecule has 1 aliphatic heterocycles. The molecule has 0 atom stereocenters. The number of hydrogen-bond donors (Lipinski definition) is 1. The molecular weight excluding hydrogens is 469 g/mol. The molecule has 5 rings (SSSR count).